The van der Waals surface area contributed by atoms with E-state index in [0.717, 1.165) is 15.6 Å². The number of benzene rings is 1. The van der Waals surface area contributed by atoms with Gasteiger partial charge < -0.3 is 10.2 Å². The van der Waals surface area contributed by atoms with Crippen molar-refractivity contribution in [3.63, 3.8) is 0 Å². The molecule has 0 radical (unpaired) electrons. The number of phenolic OH excluding ortho intramolecular Hbond substituents is 1. The van der Waals surface area contributed by atoms with Gasteiger partial charge >= 0.3 is 0 Å². The summed E-state index contributed by atoms with van der Waals surface area (Å²) in [5.74, 6) is 0.220. The van der Waals surface area contributed by atoms with Gasteiger partial charge in [-0.3, -0.25) is 0 Å². The molecule has 0 aromatic heterocycles. The van der Waals surface area contributed by atoms with Crippen LogP contribution in [0.5, 0.6) is 5.75 Å². The van der Waals surface area contributed by atoms with Crippen molar-refractivity contribution in [3.05, 3.63) is 27.7 Å². The lowest BCUT2D eigenvalue weighted by Crippen LogP contribution is -1.90. The SMILES string of the molecule is Cc1c(O)ccc(Br)c1CO. The minimum absolute atomic E-state index is 0.0547. The van der Waals surface area contributed by atoms with Crippen LogP contribution < -0.4 is 0 Å². The Morgan fingerprint density at radius 3 is 2.55 bits per heavy atom. The molecule has 0 amide bonds. The van der Waals surface area contributed by atoms with E-state index >= 15 is 0 Å². The Bertz CT molecular complexity index is 271. The monoisotopic (exact) mass is 216 g/mol. The van der Waals surface area contributed by atoms with E-state index in [2.05, 4.69) is 15.9 Å². The summed E-state index contributed by atoms with van der Waals surface area (Å²) in [7, 11) is 0. The van der Waals surface area contributed by atoms with Crippen LogP contribution >= 0.6 is 15.9 Å². The molecule has 11 heavy (non-hydrogen) atoms. The summed E-state index contributed by atoms with van der Waals surface area (Å²) >= 11 is 3.27. The highest BCUT2D eigenvalue weighted by Gasteiger charge is 2.05. The lowest BCUT2D eigenvalue weighted by Gasteiger charge is -2.06. The maximum atomic E-state index is 9.22. The average molecular weight is 217 g/mol. The van der Waals surface area contributed by atoms with E-state index in [-0.39, 0.29) is 12.4 Å². The Morgan fingerprint density at radius 1 is 1.45 bits per heavy atom. The molecule has 2 N–H and O–H groups in total. The molecule has 0 saturated heterocycles. The first kappa shape index (κ1) is 8.56. The summed E-state index contributed by atoms with van der Waals surface area (Å²) in [6.45, 7) is 1.71. The Kier molecular flexibility index (Phi) is 2.52. The molecule has 0 aliphatic heterocycles. The molecule has 3 heteroatoms. The van der Waals surface area contributed by atoms with Crippen molar-refractivity contribution in [2.75, 3.05) is 0 Å². The van der Waals surface area contributed by atoms with Gasteiger partial charge in [-0.15, -0.1) is 0 Å². The summed E-state index contributed by atoms with van der Waals surface area (Å²) in [5, 5.41) is 18.1. The third-order valence-electron chi connectivity index (χ3n) is 1.67. The van der Waals surface area contributed by atoms with Crippen LogP contribution in [-0.2, 0) is 6.61 Å². The van der Waals surface area contributed by atoms with Crippen LogP contribution in [0.25, 0.3) is 0 Å². The highest BCUT2D eigenvalue weighted by molar-refractivity contribution is 9.10. The molecule has 0 aliphatic carbocycles. The van der Waals surface area contributed by atoms with E-state index in [1.54, 1.807) is 19.1 Å². The number of phenols is 1. The van der Waals surface area contributed by atoms with Crippen molar-refractivity contribution in [1.29, 1.82) is 0 Å². The molecule has 0 aliphatic rings. The molecular formula is C8H9BrO2. The first-order valence-corrected chi connectivity index (χ1v) is 4.04. The van der Waals surface area contributed by atoms with Crippen molar-refractivity contribution in [3.8, 4) is 5.75 Å². The van der Waals surface area contributed by atoms with Crippen molar-refractivity contribution in [2.45, 2.75) is 13.5 Å². The van der Waals surface area contributed by atoms with Gasteiger partial charge in [0.1, 0.15) is 5.75 Å². The van der Waals surface area contributed by atoms with Gasteiger partial charge in [-0.25, -0.2) is 0 Å². The molecule has 0 saturated carbocycles. The van der Waals surface area contributed by atoms with E-state index in [4.69, 9.17) is 5.11 Å². The molecule has 0 heterocycles. The zero-order valence-electron chi connectivity index (χ0n) is 6.13. The molecule has 1 aromatic rings. The molecule has 1 aromatic carbocycles. The summed E-state index contributed by atoms with van der Waals surface area (Å²) < 4.78 is 0.829. The van der Waals surface area contributed by atoms with Crippen molar-refractivity contribution in [2.24, 2.45) is 0 Å². The van der Waals surface area contributed by atoms with Gasteiger partial charge in [-0.05, 0) is 30.2 Å². The lowest BCUT2D eigenvalue weighted by molar-refractivity contribution is 0.279. The van der Waals surface area contributed by atoms with Crippen LogP contribution in [0.4, 0.5) is 0 Å². The van der Waals surface area contributed by atoms with Crippen molar-refractivity contribution >= 4 is 15.9 Å². The zero-order chi connectivity index (χ0) is 8.43. The second kappa shape index (κ2) is 3.24. The molecule has 2 nitrogen and oxygen atoms in total. The topological polar surface area (TPSA) is 40.5 Å². The molecular weight excluding hydrogens is 208 g/mol. The standard InChI is InChI=1S/C8H9BrO2/c1-5-6(4-10)7(9)2-3-8(5)11/h2-3,10-11H,4H2,1H3. The molecule has 0 atom stereocenters. The minimum atomic E-state index is -0.0547. The van der Waals surface area contributed by atoms with E-state index in [1.165, 1.54) is 0 Å². The smallest absolute Gasteiger partial charge is 0.118 e. The highest BCUT2D eigenvalue weighted by Crippen LogP contribution is 2.26. The van der Waals surface area contributed by atoms with E-state index in [1.807, 2.05) is 0 Å². The second-order valence-corrected chi connectivity index (χ2v) is 3.18. The predicted octanol–water partition coefficient (Wildman–Crippen LogP) is 1.96. The van der Waals surface area contributed by atoms with Crippen LogP contribution in [0.15, 0.2) is 16.6 Å². The summed E-state index contributed by atoms with van der Waals surface area (Å²) in [5.41, 5.74) is 1.46. The summed E-state index contributed by atoms with van der Waals surface area (Å²) in [4.78, 5) is 0. The average Bonchev–Trinajstić information content (AvgIpc) is 1.99. The van der Waals surface area contributed by atoms with Crippen LogP contribution in [0.2, 0.25) is 0 Å². The number of halogens is 1. The summed E-state index contributed by atoms with van der Waals surface area (Å²) in [6, 6.07) is 3.31. The van der Waals surface area contributed by atoms with Crippen LogP contribution in [0.3, 0.4) is 0 Å². The van der Waals surface area contributed by atoms with Crippen molar-refractivity contribution in [1.82, 2.24) is 0 Å². The number of hydrogen-bond acceptors (Lipinski definition) is 2. The van der Waals surface area contributed by atoms with Crippen molar-refractivity contribution < 1.29 is 10.2 Å². The third-order valence-corrected chi connectivity index (χ3v) is 2.41. The largest absolute Gasteiger partial charge is 0.508 e. The number of aromatic hydroxyl groups is 1. The van der Waals surface area contributed by atoms with Crippen LogP contribution in [0.1, 0.15) is 11.1 Å². The van der Waals surface area contributed by atoms with Gasteiger partial charge in [-0.1, -0.05) is 15.9 Å². The van der Waals surface area contributed by atoms with Gasteiger partial charge in [0.25, 0.3) is 0 Å². The first-order chi connectivity index (χ1) is 5.16. The number of aliphatic hydroxyl groups excluding tert-OH is 1. The zero-order valence-corrected chi connectivity index (χ0v) is 7.72. The van der Waals surface area contributed by atoms with Gasteiger partial charge in [-0.2, -0.15) is 0 Å². The number of rotatable bonds is 1. The molecule has 0 unspecified atom stereocenters. The normalized spacial score (nSPS) is 10.1. The maximum absolute atomic E-state index is 9.22. The Hall–Kier alpha value is -0.540. The number of hydrogen-bond donors (Lipinski definition) is 2. The fourth-order valence-electron chi connectivity index (χ4n) is 0.906. The quantitative estimate of drug-likeness (QED) is 0.754. The molecule has 0 fully saturated rings. The second-order valence-electron chi connectivity index (χ2n) is 2.33. The van der Waals surface area contributed by atoms with E-state index in [0.29, 0.717) is 0 Å². The fraction of sp³-hybridized carbons (Fsp3) is 0.250. The Balaban J connectivity index is 3.29. The maximum Gasteiger partial charge on any atom is 0.118 e. The molecule has 0 bridgehead atoms. The van der Waals surface area contributed by atoms with Crippen LogP contribution in [-0.4, -0.2) is 10.2 Å². The summed E-state index contributed by atoms with van der Waals surface area (Å²) in [6.07, 6.45) is 0. The highest BCUT2D eigenvalue weighted by atomic mass is 79.9. The third kappa shape index (κ3) is 1.54. The number of aliphatic hydroxyl groups is 1. The van der Waals surface area contributed by atoms with Gasteiger partial charge in [0.2, 0.25) is 0 Å². The van der Waals surface area contributed by atoms with Gasteiger partial charge in [0.15, 0.2) is 0 Å². The van der Waals surface area contributed by atoms with Gasteiger partial charge in [0, 0.05) is 4.47 Å². The van der Waals surface area contributed by atoms with E-state index in [9.17, 15) is 5.11 Å². The predicted molar refractivity (Wildman–Crippen MR) is 46.5 cm³/mol. The fourth-order valence-corrected chi connectivity index (χ4v) is 1.46. The molecule has 60 valence electrons. The first-order valence-electron chi connectivity index (χ1n) is 3.24. The van der Waals surface area contributed by atoms with E-state index < -0.39 is 0 Å². The minimum Gasteiger partial charge on any atom is -0.508 e. The van der Waals surface area contributed by atoms with Gasteiger partial charge in [0.05, 0.1) is 6.61 Å². The molecule has 1 rings (SSSR count). The Labute approximate surface area is 73.6 Å². The van der Waals surface area contributed by atoms with Crippen LogP contribution in [0, 0.1) is 6.92 Å². The molecule has 0 spiro atoms. The lowest BCUT2D eigenvalue weighted by atomic mass is 10.1. The Morgan fingerprint density at radius 2 is 2.09 bits per heavy atom.